The third kappa shape index (κ3) is 2.77. The van der Waals surface area contributed by atoms with Crippen molar-refractivity contribution in [1.29, 1.82) is 0 Å². The second kappa shape index (κ2) is 6.33. The van der Waals surface area contributed by atoms with Crippen molar-refractivity contribution < 1.29 is 14.3 Å². The molecule has 0 fully saturated rings. The lowest BCUT2D eigenvalue weighted by Crippen LogP contribution is -2.33. The summed E-state index contributed by atoms with van der Waals surface area (Å²) >= 11 is 4.03. The minimum atomic E-state index is -0.526. The van der Waals surface area contributed by atoms with Crippen LogP contribution in [-0.4, -0.2) is 34.8 Å². The molecule has 0 spiro atoms. The first kappa shape index (κ1) is 15.4. The molecule has 3 rings (SSSR count). The second-order valence-corrected chi connectivity index (χ2v) is 5.30. The van der Waals surface area contributed by atoms with Gasteiger partial charge in [0.15, 0.2) is 17.2 Å². The molecule has 1 aromatic heterocycles. The number of benzene rings is 1. The van der Waals surface area contributed by atoms with Gasteiger partial charge in [0.05, 0.1) is 17.4 Å². The van der Waals surface area contributed by atoms with Gasteiger partial charge in [-0.25, -0.2) is 0 Å². The van der Waals surface area contributed by atoms with Crippen molar-refractivity contribution in [2.45, 2.75) is 6.54 Å². The van der Waals surface area contributed by atoms with Crippen LogP contribution < -0.4 is 20.2 Å². The van der Waals surface area contributed by atoms with Gasteiger partial charge in [-0.15, -0.1) is 6.58 Å². The van der Waals surface area contributed by atoms with E-state index >= 15 is 0 Å². The summed E-state index contributed by atoms with van der Waals surface area (Å²) in [6.07, 6.45) is 1.64. The summed E-state index contributed by atoms with van der Waals surface area (Å²) in [6.45, 7) is 4.48. The molecule has 0 aliphatic carbocycles. The van der Waals surface area contributed by atoms with Crippen molar-refractivity contribution in [3.63, 3.8) is 0 Å². The minimum absolute atomic E-state index is 0.101. The van der Waals surface area contributed by atoms with Gasteiger partial charge in [-0.1, -0.05) is 6.08 Å². The van der Waals surface area contributed by atoms with Gasteiger partial charge in [-0.2, -0.15) is 17.7 Å². The van der Waals surface area contributed by atoms with E-state index < -0.39 is 11.3 Å². The molecule has 0 atom stereocenters. The number of hydrogen-bond acceptors (Lipinski definition) is 6. The molecular weight excluding hydrogens is 318 g/mol. The number of rotatable bonds is 5. The smallest absolute Gasteiger partial charge is 0.275 e. The fourth-order valence-corrected chi connectivity index (χ4v) is 2.45. The Balaban J connectivity index is 2.21. The van der Waals surface area contributed by atoms with Gasteiger partial charge >= 0.3 is 0 Å². The summed E-state index contributed by atoms with van der Waals surface area (Å²) in [5.74, 6) is 0.969. The topological polar surface area (TPSA) is 82.5 Å². The Bertz CT molecular complexity index is 847. The molecule has 8 heteroatoms. The highest BCUT2D eigenvalue weighted by Gasteiger charge is 2.21. The normalized spacial score (nSPS) is 12.4. The lowest BCUT2D eigenvalue weighted by atomic mass is 10.1. The molecule has 0 bridgehead atoms. The molecule has 1 N–H and O–H groups in total. The lowest BCUT2D eigenvalue weighted by molar-refractivity contribution is 0.0948. The van der Waals surface area contributed by atoms with E-state index in [0.717, 1.165) is 0 Å². The summed E-state index contributed by atoms with van der Waals surface area (Å²) < 4.78 is 12.2. The number of ether oxygens (including phenoxy) is 2. The van der Waals surface area contributed by atoms with E-state index in [1.165, 1.54) is 0 Å². The molecule has 2 aromatic rings. The molecular formula is C15H15N3O4S. The predicted molar refractivity (Wildman–Crippen MR) is 88.5 cm³/mol. The number of hydrogen-bond donors (Lipinski definition) is 2. The Hall–Kier alpha value is -2.48. The zero-order chi connectivity index (χ0) is 16.4. The first-order valence-electron chi connectivity index (χ1n) is 7.00. The van der Waals surface area contributed by atoms with Crippen LogP contribution in [0.5, 0.6) is 11.5 Å². The van der Waals surface area contributed by atoms with Gasteiger partial charge in [-0.05, 0) is 6.07 Å². The third-order valence-electron chi connectivity index (χ3n) is 3.36. The highest BCUT2D eigenvalue weighted by Crippen LogP contribution is 2.34. The lowest BCUT2D eigenvalue weighted by Gasteiger charge is -2.11. The van der Waals surface area contributed by atoms with Crippen molar-refractivity contribution in [3.05, 3.63) is 40.7 Å². The largest absolute Gasteiger partial charge is 0.454 e. The van der Waals surface area contributed by atoms with Crippen LogP contribution in [0.1, 0.15) is 10.5 Å². The van der Waals surface area contributed by atoms with Crippen LogP contribution in [0.4, 0.5) is 0 Å². The molecule has 2 heterocycles. The molecule has 1 aliphatic heterocycles. The Morgan fingerprint density at radius 2 is 2.17 bits per heavy atom. The van der Waals surface area contributed by atoms with Gasteiger partial charge in [0, 0.05) is 18.4 Å². The van der Waals surface area contributed by atoms with Crippen LogP contribution in [0.2, 0.25) is 0 Å². The number of aromatic nitrogens is 2. The van der Waals surface area contributed by atoms with E-state index in [1.54, 1.807) is 22.9 Å². The predicted octanol–water partition coefficient (Wildman–Crippen LogP) is 0.971. The van der Waals surface area contributed by atoms with Gasteiger partial charge in [0.2, 0.25) is 12.2 Å². The minimum Gasteiger partial charge on any atom is -0.454 e. The standard InChI is InChI=1S/C15H15N3O4S/c1-2-4-18-10-7-12-11(21-8-22-12)6-9(10)14(19)13(17-18)15(20)16-3-5-23/h2,6-7,23H,1,3-5,8H2,(H,16,20). The van der Waals surface area contributed by atoms with E-state index in [-0.39, 0.29) is 12.5 Å². The zero-order valence-corrected chi connectivity index (χ0v) is 13.1. The number of nitrogens with zero attached hydrogens (tertiary/aromatic N) is 2. The Morgan fingerprint density at radius 3 is 2.87 bits per heavy atom. The number of carbonyl (C=O) groups excluding carboxylic acids is 1. The van der Waals surface area contributed by atoms with Crippen LogP contribution in [0.3, 0.4) is 0 Å². The molecule has 0 saturated heterocycles. The van der Waals surface area contributed by atoms with Gasteiger partial charge in [0.1, 0.15) is 0 Å². The molecule has 7 nitrogen and oxygen atoms in total. The Kier molecular flexibility index (Phi) is 4.24. The van der Waals surface area contributed by atoms with E-state index in [2.05, 4.69) is 29.6 Å². The van der Waals surface area contributed by atoms with Crippen molar-refractivity contribution >= 4 is 29.4 Å². The number of allylic oxidation sites excluding steroid dienone is 1. The number of fused-ring (bicyclic) bond motifs is 2. The molecule has 0 radical (unpaired) electrons. The molecule has 23 heavy (non-hydrogen) atoms. The SMILES string of the molecule is C=CCn1nc(C(=O)NCCS)c(=O)c2cc3c(cc21)OCO3. The molecule has 0 unspecified atom stereocenters. The maximum Gasteiger partial charge on any atom is 0.275 e. The number of nitrogens with one attached hydrogen (secondary N) is 1. The monoisotopic (exact) mass is 333 g/mol. The molecule has 0 saturated carbocycles. The third-order valence-corrected chi connectivity index (χ3v) is 3.59. The first-order chi connectivity index (χ1) is 11.2. The average Bonchev–Trinajstić information content (AvgIpc) is 3.01. The molecule has 1 aliphatic rings. The zero-order valence-electron chi connectivity index (χ0n) is 12.2. The summed E-state index contributed by atoms with van der Waals surface area (Å²) in [5, 5.41) is 7.12. The fourth-order valence-electron chi connectivity index (χ4n) is 2.34. The Labute approximate surface area is 137 Å². The fraction of sp³-hybridized carbons (Fsp3) is 0.267. The van der Waals surface area contributed by atoms with E-state index in [4.69, 9.17) is 9.47 Å². The van der Waals surface area contributed by atoms with Gasteiger partial charge in [0.25, 0.3) is 5.91 Å². The Morgan fingerprint density at radius 1 is 1.43 bits per heavy atom. The summed E-state index contributed by atoms with van der Waals surface area (Å²) in [6, 6.07) is 3.27. The first-order valence-corrected chi connectivity index (χ1v) is 7.63. The van der Waals surface area contributed by atoms with Crippen molar-refractivity contribution in [2.75, 3.05) is 19.1 Å². The van der Waals surface area contributed by atoms with Gasteiger partial charge in [-0.3, -0.25) is 14.3 Å². The maximum atomic E-state index is 12.6. The van der Waals surface area contributed by atoms with Crippen LogP contribution >= 0.6 is 12.6 Å². The number of thiol groups is 1. The van der Waals surface area contributed by atoms with Crippen molar-refractivity contribution in [1.82, 2.24) is 15.1 Å². The number of amides is 1. The maximum absolute atomic E-state index is 12.6. The highest BCUT2D eigenvalue weighted by atomic mass is 32.1. The molecule has 1 aromatic carbocycles. The van der Waals surface area contributed by atoms with Crippen LogP contribution in [0, 0.1) is 0 Å². The van der Waals surface area contributed by atoms with E-state index in [9.17, 15) is 9.59 Å². The summed E-state index contributed by atoms with van der Waals surface area (Å²) in [7, 11) is 0. The van der Waals surface area contributed by atoms with Crippen LogP contribution in [0.15, 0.2) is 29.6 Å². The van der Waals surface area contributed by atoms with Gasteiger partial charge < -0.3 is 14.8 Å². The molecule has 120 valence electrons. The quantitative estimate of drug-likeness (QED) is 0.629. The highest BCUT2D eigenvalue weighted by molar-refractivity contribution is 7.80. The summed E-state index contributed by atoms with van der Waals surface area (Å²) in [4.78, 5) is 24.8. The van der Waals surface area contributed by atoms with E-state index in [0.29, 0.717) is 41.2 Å². The van der Waals surface area contributed by atoms with Crippen LogP contribution in [-0.2, 0) is 6.54 Å². The second-order valence-electron chi connectivity index (χ2n) is 4.85. The summed E-state index contributed by atoms with van der Waals surface area (Å²) in [5.41, 5.74) is -0.0554. The average molecular weight is 333 g/mol. The van der Waals surface area contributed by atoms with Crippen molar-refractivity contribution in [2.24, 2.45) is 0 Å². The van der Waals surface area contributed by atoms with E-state index in [1.807, 2.05) is 0 Å². The molecule has 1 amide bonds. The number of carbonyl (C=O) groups is 1. The van der Waals surface area contributed by atoms with Crippen molar-refractivity contribution in [3.8, 4) is 11.5 Å². The van der Waals surface area contributed by atoms with Crippen LogP contribution in [0.25, 0.3) is 10.9 Å².